The van der Waals surface area contributed by atoms with Gasteiger partial charge < -0.3 is 10.8 Å². The fourth-order valence-corrected chi connectivity index (χ4v) is 4.22. The largest absolute Gasteiger partial charge is 0.379 e. The molecule has 0 radical (unpaired) electrons. The summed E-state index contributed by atoms with van der Waals surface area (Å²) in [6, 6.07) is 7.31. The highest BCUT2D eigenvalue weighted by Crippen LogP contribution is 2.36. The van der Waals surface area contributed by atoms with Crippen molar-refractivity contribution < 1.29 is 22.3 Å². The first-order chi connectivity index (χ1) is 13.5. The molecule has 0 aliphatic rings. The SMILES string of the molecule is C#CCC(O)(c1ccc(F)c(F)c1)c1ccc2nc(N)n(S(=O)(=O)C(C)C)c2c1. The number of nitrogen functional groups attached to an aromatic ring is 1. The van der Waals surface area contributed by atoms with Gasteiger partial charge in [-0.15, -0.1) is 12.3 Å². The van der Waals surface area contributed by atoms with Crippen molar-refractivity contribution >= 4 is 27.0 Å². The van der Waals surface area contributed by atoms with Gasteiger partial charge in [-0.05, 0) is 49.2 Å². The van der Waals surface area contributed by atoms with Gasteiger partial charge in [0.05, 0.1) is 16.3 Å². The van der Waals surface area contributed by atoms with Gasteiger partial charge in [-0.3, -0.25) is 0 Å². The number of hydrogen-bond donors (Lipinski definition) is 2. The third kappa shape index (κ3) is 3.34. The van der Waals surface area contributed by atoms with Gasteiger partial charge in [0.2, 0.25) is 16.0 Å². The number of anilines is 1. The van der Waals surface area contributed by atoms with Crippen LogP contribution in [0.4, 0.5) is 14.7 Å². The third-order valence-corrected chi connectivity index (χ3v) is 6.80. The second kappa shape index (κ2) is 7.13. The Hall–Kier alpha value is -2.96. The van der Waals surface area contributed by atoms with E-state index in [1.165, 1.54) is 38.1 Å². The summed E-state index contributed by atoms with van der Waals surface area (Å²) >= 11 is 0. The van der Waals surface area contributed by atoms with Gasteiger partial charge in [0.25, 0.3) is 0 Å². The molecule has 152 valence electrons. The van der Waals surface area contributed by atoms with Crippen LogP contribution in [0.15, 0.2) is 36.4 Å². The number of aliphatic hydroxyl groups is 1. The van der Waals surface area contributed by atoms with E-state index < -0.39 is 32.5 Å². The molecule has 3 N–H and O–H groups in total. The van der Waals surface area contributed by atoms with Gasteiger partial charge >= 0.3 is 0 Å². The predicted octanol–water partition coefficient (Wildman–Crippen LogP) is 2.74. The van der Waals surface area contributed by atoms with Crippen LogP contribution in [0.3, 0.4) is 0 Å². The van der Waals surface area contributed by atoms with Crippen LogP contribution in [0, 0.1) is 24.0 Å². The van der Waals surface area contributed by atoms with Crippen LogP contribution >= 0.6 is 0 Å². The zero-order chi connectivity index (χ0) is 21.6. The van der Waals surface area contributed by atoms with Gasteiger partial charge in [0.15, 0.2) is 11.6 Å². The molecule has 1 aromatic heterocycles. The molecule has 2 aromatic carbocycles. The minimum absolute atomic E-state index is 0.0273. The first-order valence-electron chi connectivity index (χ1n) is 8.66. The lowest BCUT2D eigenvalue weighted by Gasteiger charge is -2.27. The molecule has 3 rings (SSSR count). The van der Waals surface area contributed by atoms with E-state index in [0.29, 0.717) is 5.52 Å². The van der Waals surface area contributed by atoms with E-state index in [1.54, 1.807) is 0 Å². The van der Waals surface area contributed by atoms with Crippen molar-refractivity contribution in [1.29, 1.82) is 0 Å². The van der Waals surface area contributed by atoms with Gasteiger partial charge in [0.1, 0.15) is 5.60 Å². The highest BCUT2D eigenvalue weighted by atomic mass is 32.2. The van der Waals surface area contributed by atoms with E-state index in [1.807, 2.05) is 0 Å². The standard InChI is InChI=1S/C20H19F2N3O3S/c1-4-9-20(26,13-5-7-15(21)16(22)10-13)14-6-8-17-18(11-14)25(19(23)24-17)29(27,28)12(2)3/h1,5-8,10-12,26H,9H2,2-3H3,(H2,23,24). The monoisotopic (exact) mass is 419 g/mol. The van der Waals surface area contributed by atoms with Crippen LogP contribution in [-0.2, 0) is 15.6 Å². The summed E-state index contributed by atoms with van der Waals surface area (Å²) in [6.07, 6.45) is 5.14. The normalized spacial score (nSPS) is 14.1. The molecule has 9 heteroatoms. The Kier molecular flexibility index (Phi) is 5.11. The maximum atomic E-state index is 13.8. The summed E-state index contributed by atoms with van der Waals surface area (Å²) in [6.45, 7) is 3.00. The number of nitrogens with zero attached hydrogens (tertiary/aromatic N) is 2. The Bertz CT molecular complexity index is 1250. The molecule has 0 spiro atoms. The van der Waals surface area contributed by atoms with Gasteiger partial charge in [-0.2, -0.15) is 0 Å². The molecule has 0 bridgehead atoms. The van der Waals surface area contributed by atoms with Crippen LogP contribution in [-0.4, -0.2) is 27.7 Å². The zero-order valence-corrected chi connectivity index (χ0v) is 16.5. The number of fused-ring (bicyclic) bond motifs is 1. The van der Waals surface area contributed by atoms with E-state index in [-0.39, 0.29) is 29.0 Å². The van der Waals surface area contributed by atoms with Crippen molar-refractivity contribution in [2.45, 2.75) is 31.1 Å². The van der Waals surface area contributed by atoms with Crippen molar-refractivity contribution in [2.75, 3.05) is 5.73 Å². The van der Waals surface area contributed by atoms with Crippen LogP contribution in [0.25, 0.3) is 11.0 Å². The van der Waals surface area contributed by atoms with Crippen LogP contribution in [0.2, 0.25) is 0 Å². The highest BCUT2D eigenvalue weighted by molar-refractivity contribution is 7.90. The number of halogens is 2. The van der Waals surface area contributed by atoms with E-state index in [0.717, 1.165) is 16.1 Å². The average Bonchev–Trinajstić information content (AvgIpc) is 2.99. The third-order valence-electron chi connectivity index (χ3n) is 4.72. The molecular formula is C20H19F2N3O3S. The summed E-state index contributed by atoms with van der Waals surface area (Å²) in [5.74, 6) is -0.110. The number of benzene rings is 2. The molecular weight excluding hydrogens is 400 g/mol. The molecule has 0 amide bonds. The Morgan fingerprint density at radius 3 is 2.41 bits per heavy atom. The summed E-state index contributed by atoms with van der Waals surface area (Å²) < 4.78 is 53.5. The first-order valence-corrected chi connectivity index (χ1v) is 10.2. The Labute approximate surface area is 167 Å². The van der Waals surface area contributed by atoms with Crippen LogP contribution in [0.1, 0.15) is 31.4 Å². The van der Waals surface area contributed by atoms with E-state index in [9.17, 15) is 22.3 Å². The Morgan fingerprint density at radius 2 is 1.83 bits per heavy atom. The molecule has 1 unspecified atom stereocenters. The fourth-order valence-electron chi connectivity index (χ4n) is 3.08. The summed E-state index contributed by atoms with van der Waals surface area (Å²) in [4.78, 5) is 4.06. The van der Waals surface area contributed by atoms with Gasteiger partial charge in [0, 0.05) is 6.42 Å². The van der Waals surface area contributed by atoms with Crippen molar-refractivity contribution in [2.24, 2.45) is 0 Å². The molecule has 0 fully saturated rings. The van der Waals surface area contributed by atoms with Crippen molar-refractivity contribution in [3.05, 3.63) is 59.2 Å². The summed E-state index contributed by atoms with van der Waals surface area (Å²) in [7, 11) is -3.84. The fraction of sp³-hybridized carbons (Fsp3) is 0.250. The number of aromatic nitrogens is 2. The molecule has 1 atom stereocenters. The molecule has 0 saturated heterocycles. The first kappa shape index (κ1) is 20.8. The summed E-state index contributed by atoms with van der Waals surface area (Å²) in [5.41, 5.74) is 4.60. The second-order valence-electron chi connectivity index (χ2n) is 6.90. The molecule has 0 aliphatic carbocycles. The number of imidazole rings is 1. The summed E-state index contributed by atoms with van der Waals surface area (Å²) in [5, 5.41) is 10.5. The molecule has 0 saturated carbocycles. The Morgan fingerprint density at radius 1 is 1.21 bits per heavy atom. The number of rotatable bonds is 5. The lowest BCUT2D eigenvalue weighted by Crippen LogP contribution is -2.27. The Balaban J connectivity index is 2.29. The minimum Gasteiger partial charge on any atom is -0.379 e. The topological polar surface area (TPSA) is 98.2 Å². The minimum atomic E-state index is -3.84. The van der Waals surface area contributed by atoms with Crippen molar-refractivity contribution in [1.82, 2.24) is 8.96 Å². The van der Waals surface area contributed by atoms with Gasteiger partial charge in [-0.1, -0.05) is 12.1 Å². The van der Waals surface area contributed by atoms with Gasteiger partial charge in [-0.25, -0.2) is 26.2 Å². The molecule has 0 aliphatic heterocycles. The van der Waals surface area contributed by atoms with E-state index >= 15 is 0 Å². The van der Waals surface area contributed by atoms with E-state index in [4.69, 9.17) is 12.2 Å². The smallest absolute Gasteiger partial charge is 0.244 e. The number of nitrogens with two attached hydrogens (primary N) is 1. The zero-order valence-electron chi connectivity index (χ0n) is 15.7. The quantitative estimate of drug-likeness (QED) is 0.620. The second-order valence-corrected chi connectivity index (χ2v) is 9.24. The lowest BCUT2D eigenvalue weighted by molar-refractivity contribution is 0.0862. The average molecular weight is 419 g/mol. The van der Waals surface area contributed by atoms with Crippen molar-refractivity contribution in [3.63, 3.8) is 0 Å². The van der Waals surface area contributed by atoms with E-state index in [2.05, 4.69) is 10.9 Å². The van der Waals surface area contributed by atoms with Crippen LogP contribution in [0.5, 0.6) is 0 Å². The molecule has 1 heterocycles. The maximum absolute atomic E-state index is 13.8. The highest BCUT2D eigenvalue weighted by Gasteiger charge is 2.33. The predicted molar refractivity (Wildman–Crippen MR) is 106 cm³/mol. The number of terminal acetylenes is 1. The molecule has 3 aromatic rings. The lowest BCUT2D eigenvalue weighted by atomic mass is 9.83. The molecule has 29 heavy (non-hydrogen) atoms. The maximum Gasteiger partial charge on any atom is 0.244 e. The van der Waals surface area contributed by atoms with Crippen molar-refractivity contribution in [3.8, 4) is 12.3 Å². The van der Waals surface area contributed by atoms with Crippen LogP contribution < -0.4 is 5.73 Å². The number of hydrogen-bond acceptors (Lipinski definition) is 5. The molecule has 6 nitrogen and oxygen atoms in total.